The zero-order chi connectivity index (χ0) is 17.5. The minimum absolute atomic E-state index is 0. The van der Waals surface area contributed by atoms with E-state index >= 15 is 0 Å². The molecule has 6 heteroatoms. The summed E-state index contributed by atoms with van der Waals surface area (Å²) < 4.78 is 11.6. The highest BCUT2D eigenvalue weighted by Crippen LogP contribution is 2.27. The van der Waals surface area contributed by atoms with E-state index in [0.29, 0.717) is 17.9 Å². The Hall–Kier alpha value is -2.50. The Morgan fingerprint density at radius 3 is 2.54 bits per heavy atom. The van der Waals surface area contributed by atoms with Crippen molar-refractivity contribution in [2.75, 3.05) is 19.6 Å². The first-order chi connectivity index (χ1) is 12.3. The van der Waals surface area contributed by atoms with Gasteiger partial charge in [0, 0.05) is 24.0 Å². The molecule has 2 N–H and O–H groups in total. The van der Waals surface area contributed by atoms with Gasteiger partial charge in [-0.15, -0.1) is 12.4 Å². The summed E-state index contributed by atoms with van der Waals surface area (Å²) in [6.45, 7) is 4.44. The molecule has 3 aromatic rings. The predicted molar refractivity (Wildman–Crippen MR) is 105 cm³/mol. The molecule has 3 rings (SSSR count). The molecule has 0 aliphatic carbocycles. The number of fused-ring (bicyclic) bond motifs is 1. The number of ether oxygens (including phenoxy) is 1. The van der Waals surface area contributed by atoms with Crippen molar-refractivity contribution in [3.8, 4) is 5.75 Å². The second kappa shape index (κ2) is 9.85. The Bertz CT molecular complexity index is 833. The van der Waals surface area contributed by atoms with E-state index in [1.165, 1.54) is 0 Å². The quantitative estimate of drug-likeness (QED) is 0.589. The summed E-state index contributed by atoms with van der Waals surface area (Å²) in [5.41, 5.74) is 1.45. The normalized spacial score (nSPS) is 10.3. The molecular weight excluding hydrogens is 352 g/mol. The lowest BCUT2D eigenvalue weighted by molar-refractivity contribution is 0.0925. The summed E-state index contributed by atoms with van der Waals surface area (Å²) in [6, 6.07) is 17.2. The molecule has 0 aliphatic rings. The topological polar surface area (TPSA) is 63.5 Å². The Balaban J connectivity index is 0.00000243. The standard InChI is InChI=1S/C20H22N2O3.ClH/c1-2-21-12-13-22-20(23)19-17(14-24-15-8-4-3-5-9-15)16-10-6-7-11-18(16)25-19;/h3-11,21H,2,12-14H2,1H3,(H,22,23);1H. The van der Waals surface area contributed by atoms with E-state index in [0.717, 1.165) is 29.8 Å². The van der Waals surface area contributed by atoms with E-state index in [2.05, 4.69) is 10.6 Å². The van der Waals surface area contributed by atoms with E-state index in [4.69, 9.17) is 9.15 Å². The van der Waals surface area contributed by atoms with Gasteiger partial charge in [-0.3, -0.25) is 4.79 Å². The van der Waals surface area contributed by atoms with Crippen molar-refractivity contribution in [2.24, 2.45) is 0 Å². The number of amides is 1. The van der Waals surface area contributed by atoms with Gasteiger partial charge in [0.15, 0.2) is 5.76 Å². The average molecular weight is 375 g/mol. The zero-order valence-electron chi connectivity index (χ0n) is 14.7. The second-order valence-electron chi connectivity index (χ2n) is 5.62. The van der Waals surface area contributed by atoms with Crippen LogP contribution in [0.25, 0.3) is 11.0 Å². The van der Waals surface area contributed by atoms with Crippen LogP contribution in [0.5, 0.6) is 5.75 Å². The van der Waals surface area contributed by atoms with Crippen LogP contribution in [0, 0.1) is 0 Å². The predicted octanol–water partition coefficient (Wildman–Crippen LogP) is 3.77. The Morgan fingerprint density at radius 2 is 1.77 bits per heavy atom. The minimum Gasteiger partial charge on any atom is -0.489 e. The van der Waals surface area contributed by atoms with Gasteiger partial charge >= 0.3 is 0 Å². The van der Waals surface area contributed by atoms with Gasteiger partial charge in [-0.25, -0.2) is 0 Å². The lowest BCUT2D eigenvalue weighted by atomic mass is 10.1. The Labute approximate surface area is 159 Å². The molecule has 1 amide bonds. The van der Waals surface area contributed by atoms with Crippen LogP contribution >= 0.6 is 12.4 Å². The maximum atomic E-state index is 12.5. The third-order valence-electron chi connectivity index (χ3n) is 3.87. The number of carbonyl (C=O) groups is 1. The fourth-order valence-electron chi connectivity index (χ4n) is 2.62. The molecule has 138 valence electrons. The number of furan rings is 1. The summed E-state index contributed by atoms with van der Waals surface area (Å²) in [4.78, 5) is 12.5. The van der Waals surface area contributed by atoms with Gasteiger partial charge in [-0.1, -0.05) is 43.3 Å². The lowest BCUT2D eigenvalue weighted by Gasteiger charge is -2.08. The van der Waals surface area contributed by atoms with E-state index in [9.17, 15) is 4.79 Å². The van der Waals surface area contributed by atoms with Crippen LogP contribution < -0.4 is 15.4 Å². The van der Waals surface area contributed by atoms with Crippen molar-refractivity contribution in [1.82, 2.24) is 10.6 Å². The molecule has 0 bridgehead atoms. The molecule has 2 aromatic carbocycles. The van der Waals surface area contributed by atoms with Crippen LogP contribution in [0.3, 0.4) is 0 Å². The van der Waals surface area contributed by atoms with Gasteiger partial charge < -0.3 is 19.8 Å². The SMILES string of the molecule is CCNCCNC(=O)c1oc2ccccc2c1COc1ccccc1.Cl. The number of nitrogens with one attached hydrogen (secondary N) is 2. The van der Waals surface area contributed by atoms with Crippen molar-refractivity contribution in [1.29, 1.82) is 0 Å². The molecule has 0 fully saturated rings. The van der Waals surface area contributed by atoms with E-state index in [-0.39, 0.29) is 24.9 Å². The first kappa shape index (κ1) is 19.8. The monoisotopic (exact) mass is 374 g/mol. The van der Waals surface area contributed by atoms with E-state index < -0.39 is 0 Å². The van der Waals surface area contributed by atoms with Crippen molar-refractivity contribution in [3.63, 3.8) is 0 Å². The van der Waals surface area contributed by atoms with Gasteiger partial charge in [0.1, 0.15) is 17.9 Å². The van der Waals surface area contributed by atoms with Crippen molar-refractivity contribution in [2.45, 2.75) is 13.5 Å². The van der Waals surface area contributed by atoms with E-state index in [1.807, 2.05) is 61.5 Å². The van der Waals surface area contributed by atoms with Gasteiger partial charge in [-0.2, -0.15) is 0 Å². The van der Waals surface area contributed by atoms with Crippen LogP contribution in [-0.2, 0) is 6.61 Å². The lowest BCUT2D eigenvalue weighted by Crippen LogP contribution is -2.32. The molecule has 0 unspecified atom stereocenters. The third kappa shape index (κ3) is 4.77. The summed E-state index contributed by atoms with van der Waals surface area (Å²) in [7, 11) is 0. The number of para-hydroxylation sites is 2. The number of carbonyl (C=O) groups excluding carboxylic acids is 1. The molecule has 1 heterocycles. The Morgan fingerprint density at radius 1 is 1.04 bits per heavy atom. The summed E-state index contributed by atoms with van der Waals surface area (Å²) in [6.07, 6.45) is 0. The smallest absolute Gasteiger partial charge is 0.287 e. The number of halogens is 1. The highest BCUT2D eigenvalue weighted by atomic mass is 35.5. The highest BCUT2D eigenvalue weighted by molar-refractivity contribution is 5.99. The van der Waals surface area contributed by atoms with Gasteiger partial charge in [0.05, 0.1) is 0 Å². The van der Waals surface area contributed by atoms with Crippen LogP contribution in [-0.4, -0.2) is 25.5 Å². The van der Waals surface area contributed by atoms with Crippen LogP contribution in [0.4, 0.5) is 0 Å². The molecule has 0 saturated carbocycles. The number of benzene rings is 2. The molecule has 26 heavy (non-hydrogen) atoms. The van der Waals surface area contributed by atoms with Crippen molar-refractivity contribution < 1.29 is 13.9 Å². The first-order valence-corrected chi connectivity index (χ1v) is 8.46. The number of hydrogen-bond donors (Lipinski definition) is 2. The minimum atomic E-state index is -0.222. The Kier molecular flexibility index (Phi) is 7.51. The summed E-state index contributed by atoms with van der Waals surface area (Å²) >= 11 is 0. The molecule has 0 saturated heterocycles. The van der Waals surface area contributed by atoms with Crippen molar-refractivity contribution in [3.05, 3.63) is 65.9 Å². The summed E-state index contributed by atoms with van der Waals surface area (Å²) in [5, 5.41) is 6.95. The van der Waals surface area contributed by atoms with Crippen LogP contribution in [0.2, 0.25) is 0 Å². The molecular formula is C20H23ClN2O3. The van der Waals surface area contributed by atoms with Crippen LogP contribution in [0.1, 0.15) is 23.0 Å². The second-order valence-corrected chi connectivity index (χ2v) is 5.62. The highest BCUT2D eigenvalue weighted by Gasteiger charge is 2.20. The zero-order valence-corrected chi connectivity index (χ0v) is 15.5. The van der Waals surface area contributed by atoms with Gasteiger partial charge in [-0.05, 0) is 24.7 Å². The summed E-state index contributed by atoms with van der Waals surface area (Å²) in [5.74, 6) is 0.848. The van der Waals surface area contributed by atoms with Gasteiger partial charge in [0.2, 0.25) is 0 Å². The average Bonchev–Trinajstić information content (AvgIpc) is 3.03. The molecule has 5 nitrogen and oxygen atoms in total. The van der Waals surface area contributed by atoms with Crippen molar-refractivity contribution >= 4 is 29.3 Å². The number of likely N-dealkylation sites (N-methyl/N-ethyl adjacent to an activating group) is 1. The van der Waals surface area contributed by atoms with Crippen LogP contribution in [0.15, 0.2) is 59.0 Å². The fourth-order valence-corrected chi connectivity index (χ4v) is 2.62. The maximum Gasteiger partial charge on any atom is 0.287 e. The number of hydrogen-bond acceptors (Lipinski definition) is 4. The molecule has 0 atom stereocenters. The largest absolute Gasteiger partial charge is 0.489 e. The molecule has 0 spiro atoms. The number of rotatable bonds is 8. The molecule has 0 radical (unpaired) electrons. The maximum absolute atomic E-state index is 12.5. The molecule has 1 aromatic heterocycles. The first-order valence-electron chi connectivity index (χ1n) is 8.46. The van der Waals surface area contributed by atoms with Gasteiger partial charge in [0.25, 0.3) is 5.91 Å². The molecule has 0 aliphatic heterocycles. The van der Waals surface area contributed by atoms with E-state index in [1.54, 1.807) is 0 Å². The fraction of sp³-hybridized carbons (Fsp3) is 0.250. The third-order valence-corrected chi connectivity index (χ3v) is 3.87.